The molecule has 1 aliphatic rings. The highest BCUT2D eigenvalue weighted by Gasteiger charge is 2.13. The zero-order valence-corrected chi connectivity index (χ0v) is 14.2. The minimum atomic E-state index is -0.838. The fourth-order valence-corrected chi connectivity index (χ4v) is 2.16. The first-order valence-corrected chi connectivity index (χ1v) is 7.68. The van der Waals surface area contributed by atoms with Crippen molar-refractivity contribution in [1.82, 2.24) is 10.3 Å². The van der Waals surface area contributed by atoms with E-state index in [2.05, 4.69) is 15.3 Å². The number of hydrogen-bond acceptors (Lipinski definition) is 8. The quantitative estimate of drug-likeness (QED) is 0.347. The van der Waals surface area contributed by atoms with Gasteiger partial charge >= 0.3 is 6.16 Å². The molecule has 1 aliphatic heterocycles. The molecule has 0 aromatic heterocycles. The lowest BCUT2D eigenvalue weighted by Crippen LogP contribution is -2.42. The summed E-state index contributed by atoms with van der Waals surface area (Å²) >= 11 is 0. The summed E-state index contributed by atoms with van der Waals surface area (Å²) in [7, 11) is 2.67. The molecular weight excluding hydrogens is 330 g/mol. The zero-order valence-electron chi connectivity index (χ0n) is 14.2. The van der Waals surface area contributed by atoms with Gasteiger partial charge in [0.25, 0.3) is 5.91 Å². The molecule has 1 aromatic rings. The molecule has 0 spiro atoms. The number of hydrazone groups is 1. The van der Waals surface area contributed by atoms with E-state index in [1.807, 2.05) is 4.90 Å². The second-order valence-corrected chi connectivity index (χ2v) is 5.15. The Kier molecular flexibility index (Phi) is 7.17. The predicted octanol–water partition coefficient (Wildman–Crippen LogP) is 0.623. The maximum absolute atomic E-state index is 11.8. The number of nitrogens with zero attached hydrogens (tertiary/aromatic N) is 2. The molecule has 1 heterocycles. The van der Waals surface area contributed by atoms with Crippen LogP contribution in [0.2, 0.25) is 0 Å². The number of amides is 1. The SMILES string of the molecule is COC(=O)Oc1ccc(/C=N\NC(=O)CN2CCOCC2)cc1OC. The van der Waals surface area contributed by atoms with Crippen LogP contribution >= 0.6 is 0 Å². The first-order valence-electron chi connectivity index (χ1n) is 7.68. The van der Waals surface area contributed by atoms with Crippen molar-refractivity contribution in [2.24, 2.45) is 5.10 Å². The maximum Gasteiger partial charge on any atom is 0.513 e. The minimum absolute atomic E-state index is 0.198. The third-order valence-electron chi connectivity index (χ3n) is 3.42. The van der Waals surface area contributed by atoms with Crippen molar-refractivity contribution in [3.05, 3.63) is 23.8 Å². The highest BCUT2D eigenvalue weighted by Crippen LogP contribution is 2.27. The minimum Gasteiger partial charge on any atom is -0.493 e. The number of carbonyl (C=O) groups is 2. The van der Waals surface area contributed by atoms with Crippen molar-refractivity contribution in [2.45, 2.75) is 0 Å². The lowest BCUT2D eigenvalue weighted by atomic mass is 10.2. The third-order valence-corrected chi connectivity index (χ3v) is 3.42. The second kappa shape index (κ2) is 9.60. The standard InChI is InChI=1S/C16H21N3O6/c1-22-14-9-12(3-4-13(14)25-16(21)23-2)10-17-18-15(20)11-19-5-7-24-8-6-19/h3-4,9-10H,5-8,11H2,1-2H3,(H,18,20)/b17-10-. The van der Waals surface area contributed by atoms with Crippen LogP contribution in [-0.2, 0) is 14.3 Å². The van der Waals surface area contributed by atoms with Crippen molar-refractivity contribution >= 4 is 18.3 Å². The Morgan fingerprint density at radius 1 is 1.28 bits per heavy atom. The van der Waals surface area contributed by atoms with Gasteiger partial charge in [-0.1, -0.05) is 0 Å². The largest absolute Gasteiger partial charge is 0.513 e. The van der Waals surface area contributed by atoms with Crippen molar-refractivity contribution in [3.8, 4) is 11.5 Å². The average molecular weight is 351 g/mol. The van der Waals surface area contributed by atoms with Gasteiger partial charge < -0.3 is 18.9 Å². The maximum atomic E-state index is 11.8. The molecule has 9 heteroatoms. The average Bonchev–Trinajstić information content (AvgIpc) is 2.63. The molecule has 0 saturated carbocycles. The molecule has 0 unspecified atom stereocenters. The molecule has 0 bridgehead atoms. The van der Waals surface area contributed by atoms with Crippen LogP contribution in [0.3, 0.4) is 0 Å². The highest BCUT2D eigenvalue weighted by atomic mass is 16.7. The zero-order chi connectivity index (χ0) is 18.1. The summed E-state index contributed by atoms with van der Waals surface area (Å²) in [6.45, 7) is 3.01. The van der Waals surface area contributed by atoms with E-state index in [0.717, 1.165) is 13.1 Å². The van der Waals surface area contributed by atoms with Crippen LogP contribution in [0.4, 0.5) is 4.79 Å². The van der Waals surface area contributed by atoms with Gasteiger partial charge in [0.05, 0.1) is 40.2 Å². The number of methoxy groups -OCH3 is 2. The van der Waals surface area contributed by atoms with Gasteiger partial charge in [0.1, 0.15) is 0 Å². The molecule has 25 heavy (non-hydrogen) atoms. The van der Waals surface area contributed by atoms with Gasteiger partial charge in [0.15, 0.2) is 11.5 Å². The lowest BCUT2D eigenvalue weighted by Gasteiger charge is -2.25. The fourth-order valence-electron chi connectivity index (χ4n) is 2.16. The Hall–Kier alpha value is -2.65. The molecule has 1 N–H and O–H groups in total. The number of benzene rings is 1. The van der Waals surface area contributed by atoms with Gasteiger partial charge in [-0.25, -0.2) is 10.2 Å². The Morgan fingerprint density at radius 2 is 2.04 bits per heavy atom. The van der Waals surface area contributed by atoms with Gasteiger partial charge in [-0.2, -0.15) is 5.10 Å². The molecule has 1 fully saturated rings. The topological polar surface area (TPSA) is 98.7 Å². The van der Waals surface area contributed by atoms with E-state index in [-0.39, 0.29) is 18.2 Å². The van der Waals surface area contributed by atoms with Crippen LogP contribution in [-0.4, -0.2) is 70.2 Å². The normalized spacial score (nSPS) is 15.0. The van der Waals surface area contributed by atoms with Gasteiger partial charge in [-0.05, 0) is 23.8 Å². The Bertz CT molecular complexity index is 628. The summed E-state index contributed by atoms with van der Waals surface area (Å²) < 4.78 is 19.8. The van der Waals surface area contributed by atoms with Crippen LogP contribution in [0.1, 0.15) is 5.56 Å². The van der Waals surface area contributed by atoms with Crippen LogP contribution in [0, 0.1) is 0 Å². The molecule has 1 aromatic carbocycles. The lowest BCUT2D eigenvalue weighted by molar-refractivity contribution is -0.123. The van der Waals surface area contributed by atoms with E-state index in [1.165, 1.54) is 20.4 Å². The van der Waals surface area contributed by atoms with E-state index in [1.54, 1.807) is 18.2 Å². The highest BCUT2D eigenvalue weighted by molar-refractivity contribution is 5.84. The number of hydrogen-bond donors (Lipinski definition) is 1. The second-order valence-electron chi connectivity index (χ2n) is 5.15. The van der Waals surface area contributed by atoms with Crippen LogP contribution in [0.25, 0.3) is 0 Å². The molecule has 1 amide bonds. The first-order chi connectivity index (χ1) is 12.1. The van der Waals surface area contributed by atoms with Gasteiger partial charge in [0, 0.05) is 13.1 Å². The molecule has 136 valence electrons. The molecular formula is C16H21N3O6. The summed E-state index contributed by atoms with van der Waals surface area (Å²) in [6, 6.07) is 4.83. The number of rotatable bonds is 6. The number of morpholine rings is 1. The van der Waals surface area contributed by atoms with E-state index < -0.39 is 6.16 Å². The summed E-state index contributed by atoms with van der Waals surface area (Å²) in [4.78, 5) is 25.0. The van der Waals surface area contributed by atoms with Crippen molar-refractivity contribution in [3.63, 3.8) is 0 Å². The van der Waals surface area contributed by atoms with Crippen LogP contribution in [0.5, 0.6) is 11.5 Å². The molecule has 0 aliphatic carbocycles. The monoisotopic (exact) mass is 351 g/mol. The van der Waals surface area contributed by atoms with Crippen LogP contribution in [0.15, 0.2) is 23.3 Å². The molecule has 0 radical (unpaired) electrons. The summed E-state index contributed by atoms with van der Waals surface area (Å²) in [6.07, 6.45) is 0.636. The summed E-state index contributed by atoms with van der Waals surface area (Å²) in [5.74, 6) is 0.368. The smallest absolute Gasteiger partial charge is 0.493 e. The Labute approximate surface area is 145 Å². The Balaban J connectivity index is 1.89. The van der Waals surface area contributed by atoms with Gasteiger partial charge in [0.2, 0.25) is 0 Å². The molecule has 9 nitrogen and oxygen atoms in total. The summed E-state index contributed by atoms with van der Waals surface area (Å²) in [5, 5.41) is 3.92. The van der Waals surface area contributed by atoms with Crippen molar-refractivity contribution in [2.75, 3.05) is 47.1 Å². The number of carbonyl (C=O) groups excluding carboxylic acids is 2. The van der Waals surface area contributed by atoms with E-state index >= 15 is 0 Å². The van der Waals surface area contributed by atoms with E-state index in [4.69, 9.17) is 14.2 Å². The molecule has 2 rings (SSSR count). The fraction of sp³-hybridized carbons (Fsp3) is 0.438. The number of ether oxygens (including phenoxy) is 4. The van der Waals surface area contributed by atoms with Crippen LogP contribution < -0.4 is 14.9 Å². The first kappa shape index (κ1) is 18.7. The Morgan fingerprint density at radius 3 is 2.72 bits per heavy atom. The van der Waals surface area contributed by atoms with Crippen molar-refractivity contribution in [1.29, 1.82) is 0 Å². The van der Waals surface area contributed by atoms with E-state index in [9.17, 15) is 9.59 Å². The third kappa shape index (κ3) is 6.05. The molecule has 1 saturated heterocycles. The number of nitrogens with one attached hydrogen (secondary N) is 1. The molecule has 0 atom stereocenters. The van der Waals surface area contributed by atoms with E-state index in [0.29, 0.717) is 24.5 Å². The predicted molar refractivity (Wildman–Crippen MR) is 89.0 cm³/mol. The summed E-state index contributed by atoms with van der Waals surface area (Å²) in [5.41, 5.74) is 3.14. The van der Waals surface area contributed by atoms with Gasteiger partial charge in [-0.15, -0.1) is 0 Å². The van der Waals surface area contributed by atoms with Gasteiger partial charge in [-0.3, -0.25) is 9.69 Å². The van der Waals surface area contributed by atoms with Crippen molar-refractivity contribution < 1.29 is 28.5 Å².